The lowest BCUT2D eigenvalue weighted by Gasteiger charge is -2.32. The van der Waals surface area contributed by atoms with Crippen LogP contribution in [0.3, 0.4) is 0 Å². The van der Waals surface area contributed by atoms with Crippen LogP contribution in [0.2, 0.25) is 5.02 Å². The fraction of sp³-hybridized carbons (Fsp3) is 0.286. The minimum Gasteiger partial charge on any atom is -0.444 e. The first-order chi connectivity index (χ1) is 13.9. The molecule has 7 nitrogen and oxygen atoms in total. The molecule has 1 aliphatic heterocycles. The number of amides is 3. The molecule has 1 fully saturated rings. The zero-order valence-electron chi connectivity index (χ0n) is 16.1. The van der Waals surface area contributed by atoms with Gasteiger partial charge in [0.1, 0.15) is 6.61 Å². The summed E-state index contributed by atoms with van der Waals surface area (Å²) in [4.78, 5) is 39.2. The van der Waals surface area contributed by atoms with Crippen LogP contribution >= 0.6 is 11.6 Å². The van der Waals surface area contributed by atoms with E-state index in [-0.39, 0.29) is 31.4 Å². The monoisotopic (exact) mass is 415 g/mol. The fourth-order valence-electron chi connectivity index (χ4n) is 2.85. The van der Waals surface area contributed by atoms with Gasteiger partial charge in [-0.05, 0) is 35.4 Å². The SMILES string of the molecule is CN1CCN(C(=O)Cc2ccc(NC(=O)OCc3ccc(Cl)cc3)cc2)CC1=O. The van der Waals surface area contributed by atoms with Crippen molar-refractivity contribution in [3.8, 4) is 0 Å². The number of hydrogen-bond acceptors (Lipinski definition) is 4. The van der Waals surface area contributed by atoms with Crippen LogP contribution in [0.1, 0.15) is 11.1 Å². The maximum atomic E-state index is 12.4. The van der Waals surface area contributed by atoms with Gasteiger partial charge in [0, 0.05) is 30.8 Å². The third kappa shape index (κ3) is 5.96. The Kier molecular flexibility index (Phi) is 6.72. The third-order valence-corrected chi connectivity index (χ3v) is 4.90. The van der Waals surface area contributed by atoms with Crippen molar-refractivity contribution >= 4 is 35.2 Å². The Hall–Kier alpha value is -3.06. The zero-order valence-corrected chi connectivity index (χ0v) is 16.8. The first kappa shape index (κ1) is 20.7. The molecule has 0 radical (unpaired) electrons. The number of hydrogen-bond donors (Lipinski definition) is 1. The van der Waals surface area contributed by atoms with Crippen molar-refractivity contribution in [2.24, 2.45) is 0 Å². The molecule has 0 aliphatic carbocycles. The van der Waals surface area contributed by atoms with Crippen LogP contribution < -0.4 is 5.32 Å². The van der Waals surface area contributed by atoms with Crippen LogP contribution in [-0.2, 0) is 27.4 Å². The number of ether oxygens (including phenoxy) is 1. The van der Waals surface area contributed by atoms with Crippen LogP contribution in [0.4, 0.5) is 10.5 Å². The molecule has 0 atom stereocenters. The predicted octanol–water partition coefficient (Wildman–Crippen LogP) is 2.93. The quantitative estimate of drug-likeness (QED) is 0.814. The standard InChI is InChI=1S/C21H22ClN3O4/c1-24-10-11-25(13-20(24)27)19(26)12-15-4-8-18(9-5-15)23-21(28)29-14-16-2-6-17(22)7-3-16/h2-9H,10-14H2,1H3,(H,23,28). The Morgan fingerprint density at radius 2 is 1.69 bits per heavy atom. The molecule has 1 N–H and O–H groups in total. The minimum absolute atomic E-state index is 0.0544. The number of nitrogens with zero attached hydrogens (tertiary/aromatic N) is 2. The van der Waals surface area contributed by atoms with Crippen molar-refractivity contribution < 1.29 is 19.1 Å². The molecule has 3 amide bonds. The van der Waals surface area contributed by atoms with E-state index in [1.54, 1.807) is 65.4 Å². The Bertz CT molecular complexity index is 884. The van der Waals surface area contributed by atoms with Gasteiger partial charge >= 0.3 is 6.09 Å². The lowest BCUT2D eigenvalue weighted by molar-refractivity contribution is -0.143. The van der Waals surface area contributed by atoms with Gasteiger partial charge in [0.05, 0.1) is 13.0 Å². The summed E-state index contributed by atoms with van der Waals surface area (Å²) >= 11 is 5.82. The highest BCUT2D eigenvalue weighted by molar-refractivity contribution is 6.30. The summed E-state index contributed by atoms with van der Waals surface area (Å²) in [5.41, 5.74) is 2.21. The molecule has 29 heavy (non-hydrogen) atoms. The summed E-state index contributed by atoms with van der Waals surface area (Å²) in [6.07, 6.45) is -0.363. The molecule has 3 rings (SSSR count). The zero-order chi connectivity index (χ0) is 20.8. The van der Waals surface area contributed by atoms with Gasteiger partial charge in [-0.2, -0.15) is 0 Å². The van der Waals surface area contributed by atoms with Gasteiger partial charge in [0.2, 0.25) is 11.8 Å². The van der Waals surface area contributed by atoms with Gasteiger partial charge in [-0.25, -0.2) is 4.79 Å². The minimum atomic E-state index is -0.570. The lowest BCUT2D eigenvalue weighted by Crippen LogP contribution is -2.51. The second-order valence-corrected chi connectivity index (χ2v) is 7.27. The fourth-order valence-corrected chi connectivity index (χ4v) is 2.97. The number of rotatable bonds is 5. The Balaban J connectivity index is 1.46. The highest BCUT2D eigenvalue weighted by Gasteiger charge is 2.24. The number of anilines is 1. The van der Waals surface area contributed by atoms with Gasteiger partial charge in [-0.3, -0.25) is 14.9 Å². The summed E-state index contributed by atoms with van der Waals surface area (Å²) in [5.74, 6) is -0.143. The molecule has 1 saturated heterocycles. The van der Waals surface area contributed by atoms with Crippen LogP contribution in [0, 0.1) is 0 Å². The molecule has 1 aliphatic rings. The average molecular weight is 416 g/mol. The van der Waals surface area contributed by atoms with E-state index in [0.29, 0.717) is 23.8 Å². The largest absolute Gasteiger partial charge is 0.444 e. The number of benzene rings is 2. The summed E-state index contributed by atoms with van der Waals surface area (Å²) in [5, 5.41) is 3.27. The molecule has 8 heteroatoms. The summed E-state index contributed by atoms with van der Waals surface area (Å²) in [6, 6.07) is 14.0. The molecular weight excluding hydrogens is 394 g/mol. The van der Waals surface area contributed by atoms with E-state index in [0.717, 1.165) is 11.1 Å². The van der Waals surface area contributed by atoms with Crippen molar-refractivity contribution in [2.45, 2.75) is 13.0 Å². The first-order valence-electron chi connectivity index (χ1n) is 9.19. The topological polar surface area (TPSA) is 78.9 Å². The van der Waals surface area contributed by atoms with E-state index in [9.17, 15) is 14.4 Å². The van der Waals surface area contributed by atoms with Crippen LogP contribution in [-0.4, -0.2) is 54.4 Å². The molecule has 152 valence electrons. The highest BCUT2D eigenvalue weighted by Crippen LogP contribution is 2.14. The van der Waals surface area contributed by atoms with E-state index in [1.807, 2.05) is 0 Å². The van der Waals surface area contributed by atoms with Crippen LogP contribution in [0.15, 0.2) is 48.5 Å². The molecule has 0 aromatic heterocycles. The van der Waals surface area contributed by atoms with E-state index in [4.69, 9.17) is 16.3 Å². The Morgan fingerprint density at radius 3 is 2.34 bits per heavy atom. The van der Waals surface area contributed by atoms with Crippen molar-refractivity contribution in [1.82, 2.24) is 9.80 Å². The van der Waals surface area contributed by atoms with Crippen molar-refractivity contribution in [3.05, 3.63) is 64.7 Å². The molecule has 0 saturated carbocycles. The number of carbonyl (C=O) groups is 3. The molecule has 2 aromatic carbocycles. The van der Waals surface area contributed by atoms with Gasteiger partial charge in [0.25, 0.3) is 0 Å². The first-order valence-corrected chi connectivity index (χ1v) is 9.57. The van der Waals surface area contributed by atoms with Crippen molar-refractivity contribution in [2.75, 3.05) is 32.0 Å². The molecule has 0 unspecified atom stereocenters. The van der Waals surface area contributed by atoms with E-state index in [1.165, 1.54) is 0 Å². The maximum absolute atomic E-state index is 12.4. The van der Waals surface area contributed by atoms with E-state index >= 15 is 0 Å². The number of halogens is 1. The van der Waals surface area contributed by atoms with Gasteiger partial charge in [-0.1, -0.05) is 35.9 Å². The second-order valence-electron chi connectivity index (χ2n) is 6.83. The van der Waals surface area contributed by atoms with Crippen molar-refractivity contribution in [3.63, 3.8) is 0 Å². The van der Waals surface area contributed by atoms with Gasteiger partial charge < -0.3 is 14.5 Å². The molecule has 0 spiro atoms. The van der Waals surface area contributed by atoms with E-state index < -0.39 is 6.09 Å². The molecule has 2 aromatic rings. The lowest BCUT2D eigenvalue weighted by atomic mass is 10.1. The smallest absolute Gasteiger partial charge is 0.411 e. The second kappa shape index (κ2) is 9.43. The molecule has 1 heterocycles. The average Bonchev–Trinajstić information content (AvgIpc) is 2.71. The third-order valence-electron chi connectivity index (χ3n) is 4.65. The number of piperazine rings is 1. The summed E-state index contributed by atoms with van der Waals surface area (Å²) < 4.78 is 5.17. The van der Waals surface area contributed by atoms with Gasteiger partial charge in [-0.15, -0.1) is 0 Å². The normalized spacial score (nSPS) is 13.9. The predicted molar refractivity (Wildman–Crippen MR) is 110 cm³/mol. The summed E-state index contributed by atoms with van der Waals surface area (Å²) in [6.45, 7) is 1.35. The summed E-state index contributed by atoms with van der Waals surface area (Å²) in [7, 11) is 1.73. The highest BCUT2D eigenvalue weighted by atomic mass is 35.5. The molecule has 0 bridgehead atoms. The Morgan fingerprint density at radius 1 is 1.03 bits per heavy atom. The number of nitrogens with one attached hydrogen (secondary N) is 1. The Labute approximate surface area is 174 Å². The van der Waals surface area contributed by atoms with Crippen LogP contribution in [0.25, 0.3) is 0 Å². The number of carbonyl (C=O) groups excluding carboxylic acids is 3. The van der Waals surface area contributed by atoms with Crippen LogP contribution in [0.5, 0.6) is 0 Å². The van der Waals surface area contributed by atoms with Crippen molar-refractivity contribution in [1.29, 1.82) is 0 Å². The number of likely N-dealkylation sites (N-methyl/N-ethyl adjacent to an activating group) is 1. The van der Waals surface area contributed by atoms with E-state index in [2.05, 4.69) is 5.32 Å². The maximum Gasteiger partial charge on any atom is 0.411 e. The van der Waals surface area contributed by atoms with Gasteiger partial charge in [0.15, 0.2) is 0 Å². The molecular formula is C21H22ClN3O4.